The van der Waals surface area contributed by atoms with E-state index in [4.69, 9.17) is 9.84 Å². The molecule has 2 rings (SSSR count). The molecular formula is C17H23NO4. The number of amides is 1. The Morgan fingerprint density at radius 3 is 2.68 bits per heavy atom. The van der Waals surface area contributed by atoms with Crippen molar-refractivity contribution < 1.29 is 19.4 Å². The number of ether oxygens (including phenoxy) is 1. The molecule has 0 aliphatic carbocycles. The molecule has 1 amide bonds. The summed E-state index contributed by atoms with van der Waals surface area (Å²) in [6, 6.07) is 7.69. The Hall–Kier alpha value is -2.04. The van der Waals surface area contributed by atoms with Crippen molar-refractivity contribution in [3.63, 3.8) is 0 Å². The average molecular weight is 305 g/mol. The first-order valence-corrected chi connectivity index (χ1v) is 7.66. The zero-order chi connectivity index (χ0) is 16.2. The van der Waals surface area contributed by atoms with E-state index in [0.717, 1.165) is 11.3 Å². The number of hydrogen-bond donors (Lipinski definition) is 2. The Morgan fingerprint density at radius 1 is 1.27 bits per heavy atom. The number of benzene rings is 1. The van der Waals surface area contributed by atoms with Crippen molar-refractivity contribution in [2.24, 2.45) is 0 Å². The van der Waals surface area contributed by atoms with Gasteiger partial charge in [-0.15, -0.1) is 0 Å². The molecule has 120 valence electrons. The fourth-order valence-corrected chi connectivity index (χ4v) is 2.76. The minimum absolute atomic E-state index is 0.0390. The van der Waals surface area contributed by atoms with Gasteiger partial charge < -0.3 is 15.2 Å². The summed E-state index contributed by atoms with van der Waals surface area (Å²) >= 11 is 0. The highest BCUT2D eigenvalue weighted by Crippen LogP contribution is 2.39. The minimum Gasteiger partial charge on any atom is -0.487 e. The van der Waals surface area contributed by atoms with E-state index in [-0.39, 0.29) is 24.0 Å². The van der Waals surface area contributed by atoms with Crippen LogP contribution in [0.2, 0.25) is 0 Å². The Morgan fingerprint density at radius 2 is 1.95 bits per heavy atom. The first-order chi connectivity index (χ1) is 10.4. The molecule has 0 fully saturated rings. The van der Waals surface area contributed by atoms with Gasteiger partial charge in [-0.05, 0) is 32.8 Å². The molecule has 0 spiro atoms. The molecule has 1 unspecified atom stereocenters. The Kier molecular flexibility index (Phi) is 5.06. The molecule has 0 saturated heterocycles. The van der Waals surface area contributed by atoms with E-state index in [1.54, 1.807) is 0 Å². The van der Waals surface area contributed by atoms with E-state index in [1.807, 2.05) is 38.1 Å². The van der Waals surface area contributed by atoms with Crippen LogP contribution in [0.1, 0.15) is 57.6 Å². The van der Waals surface area contributed by atoms with Crippen LogP contribution in [0, 0.1) is 0 Å². The van der Waals surface area contributed by atoms with Gasteiger partial charge in [0.05, 0.1) is 6.04 Å². The number of unbranched alkanes of at least 4 members (excludes halogenated alkanes) is 1. The third-order valence-corrected chi connectivity index (χ3v) is 3.76. The third kappa shape index (κ3) is 4.48. The zero-order valence-corrected chi connectivity index (χ0v) is 13.1. The van der Waals surface area contributed by atoms with Gasteiger partial charge in [0.15, 0.2) is 0 Å². The number of fused-ring (bicyclic) bond motifs is 1. The predicted molar refractivity (Wildman–Crippen MR) is 82.8 cm³/mol. The molecule has 0 bridgehead atoms. The van der Waals surface area contributed by atoms with Crippen molar-refractivity contribution in [3.05, 3.63) is 29.8 Å². The van der Waals surface area contributed by atoms with Crippen LogP contribution in [-0.4, -0.2) is 22.6 Å². The first kappa shape index (κ1) is 16.3. The zero-order valence-electron chi connectivity index (χ0n) is 13.1. The van der Waals surface area contributed by atoms with Gasteiger partial charge in [-0.2, -0.15) is 0 Å². The summed E-state index contributed by atoms with van der Waals surface area (Å²) in [5.74, 6) is -0.0432. The van der Waals surface area contributed by atoms with Crippen molar-refractivity contribution in [2.75, 3.05) is 0 Å². The van der Waals surface area contributed by atoms with Crippen LogP contribution < -0.4 is 10.1 Å². The molecule has 1 aromatic carbocycles. The smallest absolute Gasteiger partial charge is 0.303 e. The molecular weight excluding hydrogens is 282 g/mol. The van der Waals surface area contributed by atoms with Gasteiger partial charge in [-0.3, -0.25) is 9.59 Å². The van der Waals surface area contributed by atoms with Crippen LogP contribution >= 0.6 is 0 Å². The topological polar surface area (TPSA) is 75.6 Å². The number of hydrogen-bond acceptors (Lipinski definition) is 3. The standard InChI is InChI=1S/C17H23NO4/c1-17(2)11-13(12-7-3-4-8-14(12)22-17)18-15(19)9-5-6-10-16(20)21/h3-4,7-8,13H,5-6,9-11H2,1-2H3,(H,18,19)(H,20,21). The largest absolute Gasteiger partial charge is 0.487 e. The normalized spacial score (nSPS) is 18.9. The van der Waals surface area contributed by atoms with Gasteiger partial charge >= 0.3 is 5.97 Å². The molecule has 1 atom stereocenters. The quantitative estimate of drug-likeness (QED) is 0.792. The van der Waals surface area contributed by atoms with Crippen LogP contribution in [0.5, 0.6) is 5.75 Å². The van der Waals surface area contributed by atoms with Crippen molar-refractivity contribution in [1.82, 2.24) is 5.32 Å². The van der Waals surface area contributed by atoms with Crippen molar-refractivity contribution >= 4 is 11.9 Å². The van der Waals surface area contributed by atoms with E-state index in [0.29, 0.717) is 25.7 Å². The molecule has 1 aromatic rings. The molecule has 5 heteroatoms. The van der Waals surface area contributed by atoms with Gasteiger partial charge in [0.2, 0.25) is 5.91 Å². The van der Waals surface area contributed by atoms with Gasteiger partial charge in [0.25, 0.3) is 0 Å². The second kappa shape index (κ2) is 6.81. The van der Waals surface area contributed by atoms with Crippen molar-refractivity contribution in [1.29, 1.82) is 0 Å². The molecule has 0 saturated carbocycles. The number of carboxylic acids is 1. The van der Waals surface area contributed by atoms with E-state index in [1.165, 1.54) is 0 Å². The van der Waals surface area contributed by atoms with Gasteiger partial charge in [-0.25, -0.2) is 0 Å². The first-order valence-electron chi connectivity index (χ1n) is 7.66. The Balaban J connectivity index is 1.94. The summed E-state index contributed by atoms with van der Waals surface area (Å²) < 4.78 is 5.94. The lowest BCUT2D eigenvalue weighted by Crippen LogP contribution is -2.41. The number of aliphatic carboxylic acids is 1. The molecule has 0 radical (unpaired) electrons. The van der Waals surface area contributed by atoms with Crippen LogP contribution in [-0.2, 0) is 9.59 Å². The Labute approximate surface area is 130 Å². The van der Waals surface area contributed by atoms with Crippen LogP contribution in [0.3, 0.4) is 0 Å². The lowest BCUT2D eigenvalue weighted by Gasteiger charge is -2.37. The second-order valence-electron chi connectivity index (χ2n) is 6.32. The minimum atomic E-state index is -0.819. The van der Waals surface area contributed by atoms with Crippen LogP contribution in [0.25, 0.3) is 0 Å². The molecule has 5 nitrogen and oxygen atoms in total. The summed E-state index contributed by atoms with van der Waals surface area (Å²) in [6.07, 6.45) is 2.30. The van der Waals surface area contributed by atoms with E-state index >= 15 is 0 Å². The Bertz CT molecular complexity index is 553. The van der Waals surface area contributed by atoms with Gasteiger partial charge in [0.1, 0.15) is 11.4 Å². The summed E-state index contributed by atoms with van der Waals surface area (Å²) in [6.45, 7) is 4.02. The molecule has 1 aliphatic rings. The predicted octanol–water partition coefficient (Wildman–Crippen LogP) is 3.05. The van der Waals surface area contributed by atoms with Crippen LogP contribution in [0.4, 0.5) is 0 Å². The highest BCUT2D eigenvalue weighted by Gasteiger charge is 2.34. The van der Waals surface area contributed by atoms with E-state index in [9.17, 15) is 9.59 Å². The highest BCUT2D eigenvalue weighted by molar-refractivity contribution is 5.76. The SMILES string of the molecule is CC1(C)CC(NC(=O)CCCCC(=O)O)c2ccccc2O1. The highest BCUT2D eigenvalue weighted by atomic mass is 16.5. The maximum atomic E-state index is 12.1. The number of carbonyl (C=O) groups is 2. The van der Waals surface area contributed by atoms with Gasteiger partial charge in [0, 0.05) is 24.8 Å². The van der Waals surface area contributed by atoms with E-state index in [2.05, 4.69) is 5.32 Å². The number of carbonyl (C=O) groups excluding carboxylic acids is 1. The molecule has 0 aromatic heterocycles. The lowest BCUT2D eigenvalue weighted by atomic mass is 9.89. The summed E-state index contributed by atoms with van der Waals surface area (Å²) in [7, 11) is 0. The van der Waals surface area contributed by atoms with Gasteiger partial charge in [-0.1, -0.05) is 18.2 Å². The van der Waals surface area contributed by atoms with E-state index < -0.39 is 5.97 Å². The maximum Gasteiger partial charge on any atom is 0.303 e. The summed E-state index contributed by atoms with van der Waals surface area (Å²) in [4.78, 5) is 22.5. The monoisotopic (exact) mass is 305 g/mol. The number of carboxylic acid groups (broad SMARTS) is 1. The molecule has 1 aliphatic heterocycles. The maximum absolute atomic E-state index is 12.1. The fourth-order valence-electron chi connectivity index (χ4n) is 2.76. The number of para-hydroxylation sites is 1. The molecule has 22 heavy (non-hydrogen) atoms. The summed E-state index contributed by atoms with van der Waals surface area (Å²) in [5, 5.41) is 11.6. The lowest BCUT2D eigenvalue weighted by molar-refractivity contribution is -0.137. The molecule has 2 N–H and O–H groups in total. The third-order valence-electron chi connectivity index (χ3n) is 3.76. The summed E-state index contributed by atoms with van der Waals surface area (Å²) in [5.41, 5.74) is 0.677. The van der Waals surface area contributed by atoms with Crippen molar-refractivity contribution in [3.8, 4) is 5.75 Å². The average Bonchev–Trinajstić information content (AvgIpc) is 2.42. The number of nitrogens with one attached hydrogen (secondary N) is 1. The number of rotatable bonds is 6. The second-order valence-corrected chi connectivity index (χ2v) is 6.32. The van der Waals surface area contributed by atoms with Crippen LogP contribution in [0.15, 0.2) is 24.3 Å². The van der Waals surface area contributed by atoms with Crippen molar-refractivity contribution in [2.45, 2.75) is 57.6 Å². The fraction of sp³-hybridized carbons (Fsp3) is 0.529. The molecule has 1 heterocycles.